The van der Waals surface area contributed by atoms with Gasteiger partial charge in [-0.3, -0.25) is 9.89 Å². The van der Waals surface area contributed by atoms with E-state index in [-0.39, 0.29) is 18.3 Å². The van der Waals surface area contributed by atoms with Crippen molar-refractivity contribution in [3.8, 4) is 28.8 Å². The number of rotatable bonds is 4. The second kappa shape index (κ2) is 7.99. The van der Waals surface area contributed by atoms with Gasteiger partial charge in [-0.1, -0.05) is 24.0 Å². The summed E-state index contributed by atoms with van der Waals surface area (Å²) in [4.78, 5) is 12.1. The number of H-pyrrole nitrogens is 1. The third-order valence-corrected chi connectivity index (χ3v) is 3.63. The number of hydrogen-bond acceptors (Lipinski definition) is 3. The van der Waals surface area contributed by atoms with Crippen LogP contribution in [0.4, 0.5) is 4.39 Å². The number of nitrogens with zero attached hydrogens (tertiary/aromatic N) is 1. The molecule has 0 radical (unpaired) electrons. The van der Waals surface area contributed by atoms with Gasteiger partial charge in [0.25, 0.3) is 5.91 Å². The van der Waals surface area contributed by atoms with Gasteiger partial charge in [-0.05, 0) is 42.5 Å². The molecule has 5 nitrogen and oxygen atoms in total. The molecule has 0 fully saturated rings. The van der Waals surface area contributed by atoms with Crippen molar-refractivity contribution in [2.75, 3.05) is 13.7 Å². The number of hydrogen-bond donors (Lipinski definition) is 2. The summed E-state index contributed by atoms with van der Waals surface area (Å²) in [5.41, 5.74) is 2.35. The lowest BCUT2D eigenvalue weighted by atomic mass is 10.1. The minimum absolute atomic E-state index is 0.182. The van der Waals surface area contributed by atoms with Crippen LogP contribution in [0.3, 0.4) is 0 Å². The first kappa shape index (κ1) is 17.2. The highest BCUT2D eigenvalue weighted by Gasteiger charge is 2.10. The first-order chi connectivity index (χ1) is 12.7. The quantitative estimate of drug-likeness (QED) is 0.712. The molecule has 130 valence electrons. The fraction of sp³-hybridized carbons (Fsp3) is 0.100. The average molecular weight is 349 g/mol. The molecule has 0 bridgehead atoms. The van der Waals surface area contributed by atoms with Gasteiger partial charge in [0, 0.05) is 5.56 Å². The van der Waals surface area contributed by atoms with Crippen LogP contribution in [-0.2, 0) is 0 Å². The number of methoxy groups -OCH3 is 1. The van der Waals surface area contributed by atoms with Crippen LogP contribution in [0.25, 0.3) is 11.3 Å². The Morgan fingerprint density at radius 3 is 2.77 bits per heavy atom. The fourth-order valence-corrected chi connectivity index (χ4v) is 2.31. The molecule has 3 aromatic rings. The first-order valence-corrected chi connectivity index (χ1v) is 7.89. The SMILES string of the molecule is COc1ccccc1C#CCNC(=O)c1cc(-c2ccc(F)cc2)n[nH]1. The molecule has 26 heavy (non-hydrogen) atoms. The number of nitrogens with one attached hydrogen (secondary N) is 2. The second-order valence-electron chi connectivity index (χ2n) is 5.36. The molecular weight excluding hydrogens is 333 g/mol. The van der Waals surface area contributed by atoms with Crippen molar-refractivity contribution in [1.29, 1.82) is 0 Å². The summed E-state index contributed by atoms with van der Waals surface area (Å²) >= 11 is 0. The maximum absolute atomic E-state index is 13.0. The summed E-state index contributed by atoms with van der Waals surface area (Å²) in [7, 11) is 1.58. The van der Waals surface area contributed by atoms with E-state index in [0.717, 1.165) is 11.1 Å². The molecule has 2 N–H and O–H groups in total. The maximum Gasteiger partial charge on any atom is 0.270 e. The fourth-order valence-electron chi connectivity index (χ4n) is 2.31. The lowest BCUT2D eigenvalue weighted by molar-refractivity contribution is 0.0953. The van der Waals surface area contributed by atoms with Crippen molar-refractivity contribution in [2.24, 2.45) is 0 Å². The molecule has 0 saturated carbocycles. The van der Waals surface area contributed by atoms with Crippen LogP contribution < -0.4 is 10.1 Å². The highest BCUT2D eigenvalue weighted by Crippen LogP contribution is 2.18. The second-order valence-corrected chi connectivity index (χ2v) is 5.36. The zero-order chi connectivity index (χ0) is 18.4. The first-order valence-electron chi connectivity index (χ1n) is 7.89. The normalized spacial score (nSPS) is 9.92. The molecule has 2 aromatic carbocycles. The Morgan fingerprint density at radius 2 is 2.00 bits per heavy atom. The monoisotopic (exact) mass is 349 g/mol. The third-order valence-electron chi connectivity index (χ3n) is 3.63. The highest BCUT2D eigenvalue weighted by atomic mass is 19.1. The lowest BCUT2D eigenvalue weighted by Crippen LogP contribution is -2.23. The summed E-state index contributed by atoms with van der Waals surface area (Å²) in [5, 5.41) is 9.44. The van der Waals surface area contributed by atoms with E-state index in [4.69, 9.17) is 4.74 Å². The van der Waals surface area contributed by atoms with E-state index in [1.807, 2.05) is 24.3 Å². The molecule has 0 aliphatic carbocycles. The summed E-state index contributed by atoms with van der Waals surface area (Å²) < 4.78 is 18.2. The predicted molar refractivity (Wildman–Crippen MR) is 96.2 cm³/mol. The number of ether oxygens (including phenoxy) is 1. The van der Waals surface area contributed by atoms with Crippen LogP contribution in [0.1, 0.15) is 16.1 Å². The molecule has 0 aliphatic rings. The van der Waals surface area contributed by atoms with E-state index in [1.165, 1.54) is 12.1 Å². The van der Waals surface area contributed by atoms with Crippen LogP contribution in [0.15, 0.2) is 54.6 Å². The van der Waals surface area contributed by atoms with Crippen LogP contribution in [0.2, 0.25) is 0 Å². The van der Waals surface area contributed by atoms with Crippen LogP contribution in [0.5, 0.6) is 5.75 Å². The molecule has 3 rings (SSSR count). The van der Waals surface area contributed by atoms with Gasteiger partial charge >= 0.3 is 0 Å². The van der Waals surface area contributed by atoms with Gasteiger partial charge in [-0.15, -0.1) is 0 Å². The Bertz CT molecular complexity index is 968. The number of carbonyl (C=O) groups is 1. The van der Waals surface area contributed by atoms with E-state index in [9.17, 15) is 9.18 Å². The van der Waals surface area contributed by atoms with E-state index < -0.39 is 0 Å². The molecule has 6 heteroatoms. The van der Waals surface area contributed by atoms with Crippen LogP contribution in [0, 0.1) is 17.7 Å². The number of benzene rings is 2. The molecule has 0 saturated heterocycles. The molecule has 0 spiro atoms. The molecule has 1 heterocycles. The van der Waals surface area contributed by atoms with Crippen LogP contribution >= 0.6 is 0 Å². The van der Waals surface area contributed by atoms with E-state index >= 15 is 0 Å². The Morgan fingerprint density at radius 1 is 1.23 bits per heavy atom. The van der Waals surface area contributed by atoms with Gasteiger partial charge in [0.05, 0.1) is 24.9 Å². The van der Waals surface area contributed by atoms with Crippen molar-refractivity contribution in [3.05, 3.63) is 71.7 Å². The average Bonchev–Trinajstić information content (AvgIpc) is 3.16. The van der Waals surface area contributed by atoms with Crippen molar-refractivity contribution in [3.63, 3.8) is 0 Å². The Balaban J connectivity index is 1.61. The smallest absolute Gasteiger partial charge is 0.270 e. The minimum Gasteiger partial charge on any atom is -0.495 e. The zero-order valence-corrected chi connectivity index (χ0v) is 14.0. The highest BCUT2D eigenvalue weighted by molar-refractivity contribution is 5.93. The predicted octanol–water partition coefficient (Wildman–Crippen LogP) is 3.01. The molecule has 0 atom stereocenters. The number of aromatic amines is 1. The number of aromatic nitrogens is 2. The largest absolute Gasteiger partial charge is 0.495 e. The van der Waals surface area contributed by atoms with Gasteiger partial charge < -0.3 is 10.1 Å². The van der Waals surface area contributed by atoms with Crippen molar-refractivity contribution in [2.45, 2.75) is 0 Å². The number of amides is 1. The maximum atomic E-state index is 13.0. The number of para-hydroxylation sites is 1. The zero-order valence-electron chi connectivity index (χ0n) is 14.0. The van der Waals surface area contributed by atoms with E-state index in [0.29, 0.717) is 17.1 Å². The van der Waals surface area contributed by atoms with E-state index in [2.05, 4.69) is 27.4 Å². The summed E-state index contributed by atoms with van der Waals surface area (Å²) in [6.07, 6.45) is 0. The number of halogens is 1. The summed E-state index contributed by atoms with van der Waals surface area (Å²) in [6, 6.07) is 14.9. The molecular formula is C20H16FN3O2. The topological polar surface area (TPSA) is 67.0 Å². The van der Waals surface area contributed by atoms with Gasteiger partial charge in [0.2, 0.25) is 0 Å². The van der Waals surface area contributed by atoms with Crippen LogP contribution in [-0.4, -0.2) is 29.8 Å². The lowest BCUT2D eigenvalue weighted by Gasteiger charge is -2.01. The van der Waals surface area contributed by atoms with Crippen molar-refractivity contribution >= 4 is 5.91 Å². The van der Waals surface area contributed by atoms with Gasteiger partial charge in [0.15, 0.2) is 0 Å². The summed E-state index contributed by atoms with van der Waals surface area (Å²) in [6.45, 7) is 0.182. The van der Waals surface area contributed by atoms with Gasteiger partial charge in [0.1, 0.15) is 17.3 Å². The van der Waals surface area contributed by atoms with Crippen molar-refractivity contribution in [1.82, 2.24) is 15.5 Å². The Kier molecular flexibility index (Phi) is 5.30. The third kappa shape index (κ3) is 4.08. The standard InChI is InChI=1S/C20H16FN3O2/c1-26-19-7-3-2-5-15(19)6-4-12-22-20(25)18-13-17(23-24-18)14-8-10-16(21)11-9-14/h2-3,5,7-11,13H,12H2,1H3,(H,22,25)(H,23,24). The van der Waals surface area contributed by atoms with Gasteiger partial charge in [-0.25, -0.2) is 4.39 Å². The minimum atomic E-state index is -0.323. The molecule has 1 amide bonds. The Hall–Kier alpha value is -3.59. The van der Waals surface area contributed by atoms with Crippen molar-refractivity contribution < 1.29 is 13.9 Å². The molecule has 0 aliphatic heterocycles. The molecule has 1 aromatic heterocycles. The van der Waals surface area contributed by atoms with Gasteiger partial charge in [-0.2, -0.15) is 5.10 Å². The number of carbonyl (C=O) groups excluding carboxylic acids is 1. The van der Waals surface area contributed by atoms with E-state index in [1.54, 1.807) is 25.3 Å². The molecule has 0 unspecified atom stereocenters. The summed E-state index contributed by atoms with van der Waals surface area (Å²) in [5.74, 6) is 5.88. The Labute approximate surface area is 150 Å².